The summed E-state index contributed by atoms with van der Waals surface area (Å²) in [5, 5.41) is 0. The maximum atomic E-state index is 5.82. The number of thiophene rings is 1. The van der Waals surface area contributed by atoms with Gasteiger partial charge in [-0.25, -0.2) is 0 Å². The number of fused-ring (bicyclic) bond motifs is 1. The average molecular weight is 209 g/mol. The van der Waals surface area contributed by atoms with E-state index < -0.39 is 0 Å². The minimum Gasteiger partial charge on any atom is -0.328 e. The van der Waals surface area contributed by atoms with Gasteiger partial charge in [0.15, 0.2) is 0 Å². The van der Waals surface area contributed by atoms with Gasteiger partial charge in [-0.3, -0.25) is 0 Å². The summed E-state index contributed by atoms with van der Waals surface area (Å²) in [6.45, 7) is 4.44. The van der Waals surface area contributed by atoms with Gasteiger partial charge in [-0.15, -0.1) is 11.3 Å². The van der Waals surface area contributed by atoms with Gasteiger partial charge < -0.3 is 5.73 Å². The fourth-order valence-corrected chi connectivity index (χ4v) is 3.54. The first-order chi connectivity index (χ1) is 6.65. The Labute approximate surface area is 90.3 Å². The SMILES string of the molecule is CC(N)Cc1cc2c(s1)CCC(C)C2. The van der Waals surface area contributed by atoms with E-state index in [1.54, 1.807) is 10.4 Å². The standard InChI is InChI=1S/C12H19NS/c1-8-3-4-12-10(5-8)7-11(14-12)6-9(2)13/h7-9H,3-6,13H2,1-2H3. The molecule has 0 amide bonds. The number of nitrogens with two attached hydrogens (primary N) is 1. The van der Waals surface area contributed by atoms with Crippen molar-refractivity contribution in [2.75, 3.05) is 0 Å². The van der Waals surface area contributed by atoms with E-state index in [2.05, 4.69) is 19.9 Å². The summed E-state index contributed by atoms with van der Waals surface area (Å²) in [5.41, 5.74) is 7.42. The molecule has 1 aromatic heterocycles. The highest BCUT2D eigenvalue weighted by molar-refractivity contribution is 7.12. The van der Waals surface area contributed by atoms with Crippen LogP contribution in [0.25, 0.3) is 0 Å². The van der Waals surface area contributed by atoms with Crippen LogP contribution in [0.4, 0.5) is 0 Å². The van der Waals surface area contributed by atoms with Crippen LogP contribution in [0.2, 0.25) is 0 Å². The monoisotopic (exact) mass is 209 g/mol. The van der Waals surface area contributed by atoms with E-state index in [0.29, 0.717) is 6.04 Å². The summed E-state index contributed by atoms with van der Waals surface area (Å²) >= 11 is 1.99. The predicted octanol–water partition coefficient (Wildman–Crippen LogP) is 2.76. The molecule has 2 N–H and O–H groups in total. The van der Waals surface area contributed by atoms with Crippen LogP contribution < -0.4 is 5.73 Å². The van der Waals surface area contributed by atoms with Gasteiger partial charge in [0.1, 0.15) is 0 Å². The zero-order valence-electron chi connectivity index (χ0n) is 9.05. The molecule has 0 aliphatic heterocycles. The highest BCUT2D eigenvalue weighted by Crippen LogP contribution is 2.32. The maximum Gasteiger partial charge on any atom is 0.00803 e. The van der Waals surface area contributed by atoms with Crippen LogP contribution in [0, 0.1) is 5.92 Å². The molecule has 0 aromatic carbocycles. The summed E-state index contributed by atoms with van der Waals surface area (Å²) in [6, 6.07) is 2.69. The van der Waals surface area contributed by atoms with E-state index in [1.807, 2.05) is 11.3 Å². The molecule has 1 heterocycles. The molecule has 0 spiro atoms. The first-order valence-corrected chi connectivity index (χ1v) is 6.33. The van der Waals surface area contributed by atoms with Crippen LogP contribution in [0.15, 0.2) is 6.07 Å². The molecule has 78 valence electrons. The molecule has 1 aliphatic carbocycles. The fourth-order valence-electron chi connectivity index (χ4n) is 2.19. The second kappa shape index (κ2) is 4.03. The molecule has 2 heteroatoms. The highest BCUT2D eigenvalue weighted by Gasteiger charge is 2.18. The lowest BCUT2D eigenvalue weighted by Gasteiger charge is -2.17. The Kier molecular flexibility index (Phi) is 2.93. The predicted molar refractivity (Wildman–Crippen MR) is 62.9 cm³/mol. The molecule has 1 aromatic rings. The van der Waals surface area contributed by atoms with E-state index in [1.165, 1.54) is 24.1 Å². The molecule has 1 aliphatic rings. The lowest BCUT2D eigenvalue weighted by Crippen LogP contribution is -2.16. The minimum atomic E-state index is 0.299. The Bertz CT molecular complexity index is 314. The van der Waals surface area contributed by atoms with Crippen molar-refractivity contribution < 1.29 is 0 Å². The Morgan fingerprint density at radius 2 is 2.43 bits per heavy atom. The van der Waals surface area contributed by atoms with E-state index in [9.17, 15) is 0 Å². The topological polar surface area (TPSA) is 26.0 Å². The molecule has 1 nitrogen and oxygen atoms in total. The van der Waals surface area contributed by atoms with Crippen LogP contribution in [0.5, 0.6) is 0 Å². The first-order valence-electron chi connectivity index (χ1n) is 5.51. The van der Waals surface area contributed by atoms with Crippen molar-refractivity contribution in [2.45, 2.75) is 45.6 Å². The van der Waals surface area contributed by atoms with Crippen molar-refractivity contribution in [1.82, 2.24) is 0 Å². The van der Waals surface area contributed by atoms with Gasteiger partial charge in [-0.2, -0.15) is 0 Å². The Morgan fingerprint density at radius 3 is 3.14 bits per heavy atom. The molecule has 14 heavy (non-hydrogen) atoms. The van der Waals surface area contributed by atoms with E-state index in [0.717, 1.165) is 12.3 Å². The lowest BCUT2D eigenvalue weighted by atomic mass is 9.90. The third-order valence-electron chi connectivity index (χ3n) is 2.90. The van der Waals surface area contributed by atoms with Gasteiger partial charge >= 0.3 is 0 Å². The van der Waals surface area contributed by atoms with Crippen molar-refractivity contribution >= 4 is 11.3 Å². The van der Waals surface area contributed by atoms with Crippen molar-refractivity contribution in [3.63, 3.8) is 0 Å². The molecule has 2 unspecified atom stereocenters. The van der Waals surface area contributed by atoms with Crippen molar-refractivity contribution in [2.24, 2.45) is 11.7 Å². The van der Waals surface area contributed by atoms with Crippen molar-refractivity contribution in [1.29, 1.82) is 0 Å². The third kappa shape index (κ3) is 2.18. The normalized spacial score (nSPS) is 23.2. The second-order valence-corrected chi connectivity index (χ2v) is 5.91. The number of aryl methyl sites for hydroxylation is 1. The molecule has 0 radical (unpaired) electrons. The number of hydrogen-bond acceptors (Lipinski definition) is 2. The largest absolute Gasteiger partial charge is 0.328 e. The van der Waals surface area contributed by atoms with Gasteiger partial charge in [0.25, 0.3) is 0 Å². The molecule has 0 saturated carbocycles. The Balaban J connectivity index is 2.15. The molecular formula is C12H19NS. The second-order valence-electron chi connectivity index (χ2n) is 4.69. The van der Waals surface area contributed by atoms with Gasteiger partial charge in [0.2, 0.25) is 0 Å². The maximum absolute atomic E-state index is 5.82. The summed E-state index contributed by atoms with van der Waals surface area (Å²) in [6.07, 6.45) is 4.99. The number of rotatable bonds is 2. The van der Waals surface area contributed by atoms with E-state index >= 15 is 0 Å². The van der Waals surface area contributed by atoms with Gasteiger partial charge in [0.05, 0.1) is 0 Å². The molecule has 2 atom stereocenters. The average Bonchev–Trinajstić information content (AvgIpc) is 2.44. The summed E-state index contributed by atoms with van der Waals surface area (Å²) in [4.78, 5) is 3.11. The molecule has 0 fully saturated rings. The smallest absolute Gasteiger partial charge is 0.00803 e. The Hall–Kier alpha value is -0.340. The quantitative estimate of drug-likeness (QED) is 0.796. The zero-order chi connectivity index (χ0) is 10.1. The summed E-state index contributed by atoms with van der Waals surface area (Å²) in [5.74, 6) is 0.875. The summed E-state index contributed by atoms with van der Waals surface area (Å²) < 4.78 is 0. The fraction of sp³-hybridized carbons (Fsp3) is 0.667. The van der Waals surface area contributed by atoms with Crippen LogP contribution in [-0.2, 0) is 19.3 Å². The van der Waals surface area contributed by atoms with E-state index in [4.69, 9.17) is 5.73 Å². The van der Waals surface area contributed by atoms with Crippen molar-refractivity contribution in [3.8, 4) is 0 Å². The molecule has 2 rings (SSSR count). The summed E-state index contributed by atoms with van der Waals surface area (Å²) in [7, 11) is 0. The third-order valence-corrected chi connectivity index (χ3v) is 4.16. The van der Waals surface area contributed by atoms with Gasteiger partial charge in [0, 0.05) is 15.8 Å². The van der Waals surface area contributed by atoms with Crippen LogP contribution in [0.1, 0.15) is 35.6 Å². The molecule has 0 bridgehead atoms. The van der Waals surface area contributed by atoms with Crippen molar-refractivity contribution in [3.05, 3.63) is 21.4 Å². The van der Waals surface area contributed by atoms with E-state index in [-0.39, 0.29) is 0 Å². The van der Waals surface area contributed by atoms with Gasteiger partial charge in [-0.05, 0) is 50.2 Å². The lowest BCUT2D eigenvalue weighted by molar-refractivity contribution is 0.506. The van der Waals surface area contributed by atoms with Crippen LogP contribution in [-0.4, -0.2) is 6.04 Å². The molecule has 0 saturated heterocycles. The first kappa shape index (κ1) is 10.2. The highest BCUT2D eigenvalue weighted by atomic mass is 32.1. The zero-order valence-corrected chi connectivity index (χ0v) is 9.86. The number of hydrogen-bond donors (Lipinski definition) is 1. The van der Waals surface area contributed by atoms with Crippen LogP contribution >= 0.6 is 11.3 Å². The van der Waals surface area contributed by atoms with Gasteiger partial charge in [-0.1, -0.05) is 6.92 Å². The van der Waals surface area contributed by atoms with Crippen LogP contribution in [0.3, 0.4) is 0 Å². The molecular weight excluding hydrogens is 190 g/mol. The Morgan fingerprint density at radius 1 is 1.64 bits per heavy atom. The minimum absolute atomic E-state index is 0.299.